The van der Waals surface area contributed by atoms with Crippen LogP contribution in [0.3, 0.4) is 0 Å². The van der Waals surface area contributed by atoms with Crippen molar-refractivity contribution in [2.45, 2.75) is 13.0 Å². The van der Waals surface area contributed by atoms with Gasteiger partial charge in [0.15, 0.2) is 0 Å². The first-order chi connectivity index (χ1) is 4.22. The Labute approximate surface area is 69.6 Å². The Bertz CT molecular complexity index is 109. The molecule has 0 spiro atoms. The van der Waals surface area contributed by atoms with Crippen molar-refractivity contribution >= 4 is 22.6 Å². The largest absolute Gasteiger partial charge is 0.388 e. The van der Waals surface area contributed by atoms with E-state index in [1.807, 2.05) is 11.0 Å². The molecule has 0 aromatic rings. The third-order valence-corrected chi connectivity index (χ3v) is 1.60. The van der Waals surface area contributed by atoms with Gasteiger partial charge < -0.3 is 5.11 Å². The van der Waals surface area contributed by atoms with Crippen LogP contribution in [-0.4, -0.2) is 11.2 Å². The Kier molecular flexibility index (Phi) is 5.09. The van der Waals surface area contributed by atoms with Crippen molar-refractivity contribution in [1.29, 1.82) is 0 Å². The Hall–Kier alpha value is 0.170. The first kappa shape index (κ1) is 9.17. The first-order valence-corrected chi connectivity index (χ1v) is 4.04. The second-order valence-electron chi connectivity index (χ2n) is 1.90. The van der Waals surface area contributed by atoms with E-state index in [1.54, 1.807) is 12.2 Å². The molecule has 0 aliphatic heterocycles. The van der Waals surface area contributed by atoms with Crippen LogP contribution in [0, 0.1) is 5.92 Å². The number of rotatable bonds is 3. The molecular formula is C7H11IO. The smallest absolute Gasteiger partial charge is 0.0788 e. The molecule has 0 aromatic heterocycles. The Balaban J connectivity index is 3.71. The summed E-state index contributed by atoms with van der Waals surface area (Å²) in [6.07, 6.45) is 3.10. The highest BCUT2D eigenvalue weighted by Crippen LogP contribution is 2.05. The molecule has 0 aliphatic carbocycles. The third-order valence-electron chi connectivity index (χ3n) is 1.18. The molecule has 0 heterocycles. The number of aliphatic hydroxyl groups excluding tert-OH is 1. The average Bonchev–Trinajstić information content (AvgIpc) is 1.87. The van der Waals surface area contributed by atoms with E-state index in [-0.39, 0.29) is 12.0 Å². The molecule has 1 N–H and O–H groups in total. The molecule has 0 rings (SSSR count). The van der Waals surface area contributed by atoms with Gasteiger partial charge in [0.1, 0.15) is 0 Å². The van der Waals surface area contributed by atoms with Gasteiger partial charge in [-0.1, -0.05) is 35.6 Å². The van der Waals surface area contributed by atoms with Gasteiger partial charge in [-0.2, -0.15) is 0 Å². The molecule has 0 radical (unpaired) electrons. The van der Waals surface area contributed by atoms with Crippen molar-refractivity contribution < 1.29 is 5.11 Å². The molecule has 0 saturated heterocycles. The lowest BCUT2D eigenvalue weighted by Crippen LogP contribution is -2.11. The first-order valence-electron chi connectivity index (χ1n) is 2.80. The predicted octanol–water partition coefficient (Wildman–Crippen LogP) is 2.12. The maximum Gasteiger partial charge on any atom is 0.0788 e. The summed E-state index contributed by atoms with van der Waals surface area (Å²) in [6.45, 7) is 5.49. The summed E-state index contributed by atoms with van der Waals surface area (Å²) in [6, 6.07) is 0. The minimum atomic E-state index is -0.376. The highest BCUT2D eigenvalue weighted by molar-refractivity contribution is 14.1. The zero-order valence-corrected chi connectivity index (χ0v) is 7.58. The summed E-state index contributed by atoms with van der Waals surface area (Å²) < 4.78 is 1.81. The van der Waals surface area contributed by atoms with Crippen molar-refractivity contribution in [3.63, 3.8) is 0 Å². The molecule has 1 nitrogen and oxygen atoms in total. The van der Waals surface area contributed by atoms with Crippen LogP contribution in [0.4, 0.5) is 0 Å². The van der Waals surface area contributed by atoms with Crippen LogP contribution in [0.5, 0.6) is 0 Å². The summed E-state index contributed by atoms with van der Waals surface area (Å²) in [7, 11) is 0. The van der Waals surface area contributed by atoms with Gasteiger partial charge >= 0.3 is 0 Å². The van der Waals surface area contributed by atoms with Crippen molar-refractivity contribution in [3.05, 3.63) is 22.8 Å². The lowest BCUT2D eigenvalue weighted by atomic mass is 10.1. The number of aliphatic hydroxyl groups is 1. The summed E-state index contributed by atoms with van der Waals surface area (Å²) in [4.78, 5) is 0. The Morgan fingerprint density at radius 2 is 2.22 bits per heavy atom. The van der Waals surface area contributed by atoms with Gasteiger partial charge in [-0.15, -0.1) is 6.58 Å². The van der Waals surface area contributed by atoms with E-state index in [4.69, 9.17) is 5.11 Å². The van der Waals surface area contributed by atoms with E-state index < -0.39 is 0 Å². The molecule has 0 saturated carbocycles. The van der Waals surface area contributed by atoms with Gasteiger partial charge in [0, 0.05) is 5.92 Å². The van der Waals surface area contributed by atoms with Gasteiger partial charge in [-0.25, -0.2) is 0 Å². The third kappa shape index (κ3) is 3.70. The zero-order chi connectivity index (χ0) is 7.28. The van der Waals surface area contributed by atoms with Gasteiger partial charge in [-0.3, -0.25) is 0 Å². The van der Waals surface area contributed by atoms with E-state index in [2.05, 4.69) is 29.2 Å². The molecule has 0 bridgehead atoms. The van der Waals surface area contributed by atoms with Crippen LogP contribution in [0.15, 0.2) is 22.8 Å². The van der Waals surface area contributed by atoms with Crippen molar-refractivity contribution in [2.75, 3.05) is 0 Å². The molecule has 0 aliphatic rings. The summed E-state index contributed by atoms with van der Waals surface area (Å²) in [5.74, 6) is 0.149. The fourth-order valence-electron chi connectivity index (χ4n) is 0.389. The molecule has 0 aromatic carbocycles. The monoisotopic (exact) mass is 238 g/mol. The second kappa shape index (κ2) is 4.99. The van der Waals surface area contributed by atoms with Gasteiger partial charge in [0.25, 0.3) is 0 Å². The minimum absolute atomic E-state index is 0.149. The van der Waals surface area contributed by atoms with Crippen molar-refractivity contribution in [1.82, 2.24) is 0 Å². The molecule has 0 amide bonds. The van der Waals surface area contributed by atoms with E-state index >= 15 is 0 Å². The van der Waals surface area contributed by atoms with Crippen molar-refractivity contribution in [3.8, 4) is 0 Å². The zero-order valence-electron chi connectivity index (χ0n) is 5.42. The lowest BCUT2D eigenvalue weighted by Gasteiger charge is -2.08. The van der Waals surface area contributed by atoms with Crippen LogP contribution in [0.25, 0.3) is 0 Å². The number of hydrogen-bond donors (Lipinski definition) is 1. The molecule has 2 atom stereocenters. The van der Waals surface area contributed by atoms with Crippen LogP contribution < -0.4 is 0 Å². The second-order valence-corrected chi connectivity index (χ2v) is 2.62. The van der Waals surface area contributed by atoms with E-state index in [0.29, 0.717) is 0 Å². The van der Waals surface area contributed by atoms with Crippen LogP contribution in [0.2, 0.25) is 0 Å². The Morgan fingerprint density at radius 3 is 2.56 bits per heavy atom. The quantitative estimate of drug-likeness (QED) is 0.589. The Morgan fingerprint density at radius 1 is 1.67 bits per heavy atom. The minimum Gasteiger partial charge on any atom is -0.388 e. The maximum atomic E-state index is 9.15. The molecule has 0 fully saturated rings. The van der Waals surface area contributed by atoms with Gasteiger partial charge in [0.2, 0.25) is 0 Å². The standard InChI is InChI=1S/C7H11IO/c1-3-6(2)7(9)4-5-8/h3-7,9H,1H2,2H3/b5-4+/t6-,7-/m0/s1. The fourth-order valence-corrected chi connectivity index (χ4v) is 0.815. The molecule has 52 valence electrons. The molecule has 0 unspecified atom stereocenters. The summed E-state index contributed by atoms with van der Waals surface area (Å²) in [5, 5.41) is 9.15. The molecular weight excluding hydrogens is 227 g/mol. The predicted molar refractivity (Wildman–Crippen MR) is 48.5 cm³/mol. The highest BCUT2D eigenvalue weighted by Gasteiger charge is 2.04. The fraction of sp³-hybridized carbons (Fsp3) is 0.429. The van der Waals surface area contributed by atoms with E-state index in [9.17, 15) is 0 Å². The number of hydrogen-bond acceptors (Lipinski definition) is 1. The molecule has 2 heteroatoms. The topological polar surface area (TPSA) is 20.2 Å². The molecule has 9 heavy (non-hydrogen) atoms. The van der Waals surface area contributed by atoms with Crippen molar-refractivity contribution in [2.24, 2.45) is 5.92 Å². The van der Waals surface area contributed by atoms with Gasteiger partial charge in [-0.05, 0) is 10.2 Å². The average molecular weight is 238 g/mol. The van der Waals surface area contributed by atoms with E-state index in [1.165, 1.54) is 0 Å². The highest BCUT2D eigenvalue weighted by atomic mass is 127. The van der Waals surface area contributed by atoms with Gasteiger partial charge in [0.05, 0.1) is 6.10 Å². The van der Waals surface area contributed by atoms with Crippen LogP contribution in [0.1, 0.15) is 6.92 Å². The maximum absolute atomic E-state index is 9.15. The normalized spacial score (nSPS) is 17.7. The summed E-state index contributed by atoms with van der Waals surface area (Å²) in [5.41, 5.74) is 0. The summed E-state index contributed by atoms with van der Waals surface area (Å²) >= 11 is 2.08. The van der Waals surface area contributed by atoms with Crippen LogP contribution >= 0.6 is 22.6 Å². The lowest BCUT2D eigenvalue weighted by molar-refractivity contribution is 0.186. The SMILES string of the molecule is C=C[C@H](C)[C@@H](O)/C=C/I. The number of halogens is 1. The van der Waals surface area contributed by atoms with E-state index in [0.717, 1.165) is 0 Å². The van der Waals surface area contributed by atoms with Crippen LogP contribution in [-0.2, 0) is 0 Å².